The molecule has 0 atom stereocenters. The number of aryl methyl sites for hydroxylation is 2. The van der Waals surface area contributed by atoms with Crippen LogP contribution in [0.5, 0.6) is 0 Å². The summed E-state index contributed by atoms with van der Waals surface area (Å²) in [7, 11) is 0. The van der Waals surface area contributed by atoms with Crippen LogP contribution in [-0.2, 0) is 0 Å². The Hall–Kier alpha value is -1.41. The van der Waals surface area contributed by atoms with Gasteiger partial charge in [0, 0.05) is 15.8 Å². The van der Waals surface area contributed by atoms with Gasteiger partial charge in [-0.25, -0.2) is 0 Å². The molecule has 0 saturated carbocycles. The lowest BCUT2D eigenvalue weighted by Crippen LogP contribution is -1.83. The van der Waals surface area contributed by atoms with Gasteiger partial charge < -0.3 is 0 Å². The summed E-state index contributed by atoms with van der Waals surface area (Å²) >= 11 is 1.83. The van der Waals surface area contributed by atoms with Crippen LogP contribution >= 0.6 is 11.3 Å². The fraction of sp³-hybridized carbons (Fsp3) is 0.154. The normalized spacial score (nSPS) is 11.3. The van der Waals surface area contributed by atoms with Crippen molar-refractivity contribution in [1.29, 1.82) is 0 Å². The summed E-state index contributed by atoms with van der Waals surface area (Å²) in [4.78, 5) is 4.64. The van der Waals surface area contributed by atoms with Crippen molar-refractivity contribution in [2.24, 2.45) is 0 Å². The van der Waals surface area contributed by atoms with Gasteiger partial charge in [-0.2, -0.15) is 0 Å². The summed E-state index contributed by atoms with van der Waals surface area (Å²) < 4.78 is 2.65. The molecule has 0 unspecified atom stereocenters. The van der Waals surface area contributed by atoms with Crippen molar-refractivity contribution in [1.82, 2.24) is 4.98 Å². The van der Waals surface area contributed by atoms with Crippen LogP contribution in [0.4, 0.5) is 0 Å². The van der Waals surface area contributed by atoms with Crippen LogP contribution < -0.4 is 0 Å². The van der Waals surface area contributed by atoms with Crippen LogP contribution in [0.25, 0.3) is 20.3 Å². The van der Waals surface area contributed by atoms with Gasteiger partial charge >= 0.3 is 0 Å². The van der Waals surface area contributed by atoms with Gasteiger partial charge in [-0.1, -0.05) is 18.2 Å². The highest BCUT2D eigenvalue weighted by molar-refractivity contribution is 7.25. The molecule has 2 heteroatoms. The minimum atomic E-state index is 1.10. The Balaban J connectivity index is 2.61. The molecule has 0 fully saturated rings. The van der Waals surface area contributed by atoms with Gasteiger partial charge in [0.05, 0.1) is 10.2 Å². The molecule has 0 amide bonds. The van der Waals surface area contributed by atoms with Crippen LogP contribution in [0, 0.1) is 13.8 Å². The number of hydrogen-bond acceptors (Lipinski definition) is 2. The van der Waals surface area contributed by atoms with Crippen molar-refractivity contribution in [2.45, 2.75) is 13.8 Å². The first-order chi connectivity index (χ1) is 7.25. The molecule has 0 radical (unpaired) electrons. The third-order valence-electron chi connectivity index (χ3n) is 2.64. The van der Waals surface area contributed by atoms with Gasteiger partial charge in [0.15, 0.2) is 0 Å². The maximum Gasteiger partial charge on any atom is 0.0894 e. The zero-order chi connectivity index (χ0) is 10.4. The maximum atomic E-state index is 4.64. The fourth-order valence-electron chi connectivity index (χ4n) is 2.00. The summed E-state index contributed by atoms with van der Waals surface area (Å²) in [6.07, 6.45) is 0. The average molecular weight is 213 g/mol. The van der Waals surface area contributed by atoms with Crippen molar-refractivity contribution < 1.29 is 0 Å². The van der Waals surface area contributed by atoms with E-state index in [1.54, 1.807) is 0 Å². The third-order valence-corrected chi connectivity index (χ3v) is 3.94. The molecule has 15 heavy (non-hydrogen) atoms. The Morgan fingerprint density at radius 3 is 2.80 bits per heavy atom. The summed E-state index contributed by atoms with van der Waals surface area (Å²) in [6, 6.07) is 10.6. The molecule has 0 spiro atoms. The van der Waals surface area contributed by atoms with Crippen LogP contribution in [0.1, 0.15) is 11.3 Å². The molecule has 1 aromatic carbocycles. The van der Waals surface area contributed by atoms with E-state index in [9.17, 15) is 0 Å². The summed E-state index contributed by atoms with van der Waals surface area (Å²) in [5.74, 6) is 0. The largest absolute Gasteiger partial charge is 0.252 e. The molecule has 1 nitrogen and oxygen atoms in total. The Labute approximate surface area is 92.4 Å². The van der Waals surface area contributed by atoms with E-state index in [1.807, 2.05) is 11.3 Å². The summed E-state index contributed by atoms with van der Waals surface area (Å²) in [5, 5.41) is 1.28. The molecule has 0 aliphatic rings. The second-order valence-corrected chi connectivity index (χ2v) is 4.91. The topological polar surface area (TPSA) is 12.9 Å². The van der Waals surface area contributed by atoms with Crippen molar-refractivity contribution in [3.63, 3.8) is 0 Å². The summed E-state index contributed by atoms with van der Waals surface area (Å²) in [6.45, 7) is 4.21. The first-order valence-corrected chi connectivity index (χ1v) is 5.83. The molecule has 0 saturated heterocycles. The van der Waals surface area contributed by atoms with Gasteiger partial charge in [0.1, 0.15) is 0 Å². The standard InChI is InChI=1S/C13H11NS/c1-8-7-9(2)14-12-10-5-3-4-6-11(10)15-13(8)12/h3-7H,1-2H3. The van der Waals surface area contributed by atoms with E-state index in [2.05, 4.69) is 49.2 Å². The minimum absolute atomic E-state index is 1.10. The Bertz CT molecular complexity index is 652. The second-order valence-electron chi connectivity index (χ2n) is 3.86. The van der Waals surface area contributed by atoms with Gasteiger partial charge in [0.25, 0.3) is 0 Å². The van der Waals surface area contributed by atoms with Crippen molar-refractivity contribution in [3.05, 3.63) is 41.6 Å². The predicted molar refractivity (Wildman–Crippen MR) is 66.6 cm³/mol. The first-order valence-electron chi connectivity index (χ1n) is 5.01. The first kappa shape index (κ1) is 8.86. The smallest absolute Gasteiger partial charge is 0.0894 e. The van der Waals surface area contributed by atoms with Gasteiger partial charge in [-0.15, -0.1) is 11.3 Å². The number of fused-ring (bicyclic) bond motifs is 3. The molecule has 3 rings (SSSR count). The van der Waals surface area contributed by atoms with Gasteiger partial charge in [-0.05, 0) is 31.5 Å². The number of nitrogens with zero attached hydrogens (tertiary/aromatic N) is 1. The summed E-state index contributed by atoms with van der Waals surface area (Å²) in [5.41, 5.74) is 3.59. The molecule has 0 N–H and O–H groups in total. The van der Waals surface area contributed by atoms with E-state index in [1.165, 1.54) is 20.3 Å². The molecular formula is C13H11NS. The van der Waals surface area contributed by atoms with Crippen molar-refractivity contribution in [3.8, 4) is 0 Å². The van der Waals surface area contributed by atoms with Crippen LogP contribution in [0.3, 0.4) is 0 Å². The Morgan fingerprint density at radius 2 is 1.93 bits per heavy atom. The lowest BCUT2D eigenvalue weighted by molar-refractivity contribution is 1.25. The number of pyridine rings is 1. The molecule has 2 heterocycles. The molecular weight excluding hydrogens is 202 g/mol. The minimum Gasteiger partial charge on any atom is -0.252 e. The number of aromatic nitrogens is 1. The maximum absolute atomic E-state index is 4.64. The average Bonchev–Trinajstić information content (AvgIpc) is 2.57. The van der Waals surface area contributed by atoms with E-state index in [4.69, 9.17) is 0 Å². The van der Waals surface area contributed by atoms with Crippen LogP contribution in [-0.4, -0.2) is 4.98 Å². The van der Waals surface area contributed by atoms with Crippen LogP contribution in [0.2, 0.25) is 0 Å². The quantitative estimate of drug-likeness (QED) is 0.548. The fourth-order valence-corrected chi connectivity index (χ4v) is 3.11. The lowest BCUT2D eigenvalue weighted by atomic mass is 10.2. The Kier molecular flexibility index (Phi) is 1.80. The van der Waals surface area contributed by atoms with Gasteiger partial charge in [0.2, 0.25) is 0 Å². The highest BCUT2D eigenvalue weighted by Crippen LogP contribution is 2.34. The Morgan fingerprint density at radius 1 is 1.13 bits per heavy atom. The molecule has 2 aromatic heterocycles. The van der Waals surface area contributed by atoms with Crippen molar-refractivity contribution in [2.75, 3.05) is 0 Å². The van der Waals surface area contributed by atoms with Crippen LogP contribution in [0.15, 0.2) is 30.3 Å². The molecule has 3 aromatic rings. The lowest BCUT2D eigenvalue weighted by Gasteiger charge is -1.97. The van der Waals surface area contributed by atoms with E-state index >= 15 is 0 Å². The van der Waals surface area contributed by atoms with E-state index in [0.717, 1.165) is 11.2 Å². The van der Waals surface area contributed by atoms with E-state index in [-0.39, 0.29) is 0 Å². The molecule has 0 bridgehead atoms. The SMILES string of the molecule is Cc1cc(C)c2sc3ccccc3c2n1. The highest BCUT2D eigenvalue weighted by Gasteiger charge is 2.07. The second kappa shape index (κ2) is 3.04. The van der Waals surface area contributed by atoms with E-state index in [0.29, 0.717) is 0 Å². The zero-order valence-corrected chi connectivity index (χ0v) is 9.56. The van der Waals surface area contributed by atoms with Gasteiger partial charge in [-0.3, -0.25) is 4.98 Å². The molecule has 74 valence electrons. The monoisotopic (exact) mass is 213 g/mol. The zero-order valence-electron chi connectivity index (χ0n) is 8.74. The van der Waals surface area contributed by atoms with Crippen molar-refractivity contribution >= 4 is 31.6 Å². The molecule has 0 aliphatic carbocycles. The predicted octanol–water partition coefficient (Wildman–Crippen LogP) is 4.07. The van der Waals surface area contributed by atoms with E-state index < -0.39 is 0 Å². The highest BCUT2D eigenvalue weighted by atomic mass is 32.1. The third kappa shape index (κ3) is 1.25. The number of hydrogen-bond donors (Lipinski definition) is 0. The number of benzene rings is 1. The molecule has 0 aliphatic heterocycles. The number of rotatable bonds is 0. The number of thiophene rings is 1.